The normalized spacial score (nSPS) is 28.9. The van der Waals surface area contributed by atoms with Crippen molar-refractivity contribution < 1.29 is 14.4 Å². The van der Waals surface area contributed by atoms with Gasteiger partial charge in [0, 0.05) is 5.56 Å². The van der Waals surface area contributed by atoms with Crippen LogP contribution in [0.25, 0.3) is 0 Å². The van der Waals surface area contributed by atoms with Crippen molar-refractivity contribution in [2.75, 3.05) is 4.90 Å². The average molecular weight is 271 g/mol. The first-order valence-corrected chi connectivity index (χ1v) is 6.98. The minimum atomic E-state index is -0.168. The summed E-state index contributed by atoms with van der Waals surface area (Å²) in [6.07, 6.45) is 1.58. The van der Waals surface area contributed by atoms with Crippen LogP contribution < -0.4 is 4.90 Å². The quantitative estimate of drug-likeness (QED) is 0.613. The summed E-state index contributed by atoms with van der Waals surface area (Å²) in [5.41, 5.74) is 1.04. The maximum absolute atomic E-state index is 12.4. The van der Waals surface area contributed by atoms with Crippen LogP contribution in [0.2, 0.25) is 0 Å². The second-order valence-corrected chi connectivity index (χ2v) is 5.91. The highest BCUT2D eigenvalue weighted by atomic mass is 16.2. The Hall–Kier alpha value is -1.97. The van der Waals surface area contributed by atoms with E-state index in [1.165, 1.54) is 11.8 Å². The summed E-state index contributed by atoms with van der Waals surface area (Å²) in [6.45, 7) is 3.56. The maximum Gasteiger partial charge on any atom is 0.237 e. The van der Waals surface area contributed by atoms with Gasteiger partial charge >= 0.3 is 0 Å². The van der Waals surface area contributed by atoms with E-state index in [1.807, 2.05) is 0 Å². The molecule has 1 aromatic carbocycles. The van der Waals surface area contributed by atoms with Crippen molar-refractivity contribution in [3.8, 4) is 0 Å². The van der Waals surface area contributed by atoms with Gasteiger partial charge in [0.05, 0.1) is 17.5 Å². The number of rotatable bonds is 2. The standard InChI is InChI=1S/C16H17NO3/c1-9-6-13-14(7-9)16(20)17(15(13)19)12-5-3-4-11(8-12)10(2)18/h3-5,8-9,13-14H,6-7H2,1-2H3. The van der Waals surface area contributed by atoms with Crippen LogP contribution in [0.5, 0.6) is 0 Å². The highest BCUT2D eigenvalue weighted by Gasteiger charge is 2.52. The van der Waals surface area contributed by atoms with Crippen molar-refractivity contribution in [2.45, 2.75) is 26.7 Å². The Morgan fingerprint density at radius 2 is 1.75 bits per heavy atom. The molecular weight excluding hydrogens is 254 g/mol. The number of fused-ring (bicyclic) bond motifs is 1. The molecule has 1 aromatic rings. The van der Waals surface area contributed by atoms with Crippen LogP contribution in [0.1, 0.15) is 37.0 Å². The summed E-state index contributed by atoms with van der Waals surface area (Å²) in [5.74, 6) is -0.185. The van der Waals surface area contributed by atoms with E-state index >= 15 is 0 Å². The minimum absolute atomic E-state index is 0.0697. The smallest absolute Gasteiger partial charge is 0.237 e. The van der Waals surface area contributed by atoms with E-state index < -0.39 is 0 Å². The van der Waals surface area contributed by atoms with Gasteiger partial charge in [-0.3, -0.25) is 19.3 Å². The van der Waals surface area contributed by atoms with Crippen LogP contribution in [0, 0.1) is 17.8 Å². The summed E-state index contributed by atoms with van der Waals surface area (Å²) >= 11 is 0. The number of carbonyl (C=O) groups is 3. The second kappa shape index (κ2) is 4.54. The molecule has 0 N–H and O–H groups in total. The first-order valence-electron chi connectivity index (χ1n) is 6.98. The number of amides is 2. The number of hydrogen-bond acceptors (Lipinski definition) is 3. The number of nitrogens with zero attached hydrogens (tertiary/aromatic N) is 1. The lowest BCUT2D eigenvalue weighted by Crippen LogP contribution is -2.32. The lowest BCUT2D eigenvalue weighted by molar-refractivity contribution is -0.123. The lowest BCUT2D eigenvalue weighted by atomic mass is 10.00. The van der Waals surface area contributed by atoms with Crippen molar-refractivity contribution in [1.82, 2.24) is 0 Å². The number of hydrogen-bond donors (Lipinski definition) is 0. The molecule has 1 heterocycles. The molecule has 1 aliphatic carbocycles. The summed E-state index contributed by atoms with van der Waals surface area (Å²) in [5, 5.41) is 0. The molecule has 2 atom stereocenters. The first-order chi connectivity index (χ1) is 9.49. The zero-order valence-electron chi connectivity index (χ0n) is 11.6. The Bertz CT molecular complexity index is 583. The molecule has 2 amide bonds. The molecule has 3 rings (SSSR count). The van der Waals surface area contributed by atoms with E-state index in [4.69, 9.17) is 0 Å². The van der Waals surface area contributed by atoms with Gasteiger partial charge in [0.1, 0.15) is 0 Å². The average Bonchev–Trinajstić information content (AvgIpc) is 2.89. The van der Waals surface area contributed by atoms with E-state index in [2.05, 4.69) is 6.92 Å². The third kappa shape index (κ3) is 1.87. The molecule has 4 nitrogen and oxygen atoms in total. The molecule has 1 saturated heterocycles. The van der Waals surface area contributed by atoms with Gasteiger partial charge in [-0.2, -0.15) is 0 Å². The molecular formula is C16H17NO3. The molecule has 2 aliphatic rings. The Labute approximate surface area is 117 Å². The van der Waals surface area contributed by atoms with Crippen LogP contribution in [0.3, 0.4) is 0 Å². The molecule has 2 unspecified atom stereocenters. The highest BCUT2D eigenvalue weighted by molar-refractivity contribution is 6.22. The van der Waals surface area contributed by atoms with Crippen molar-refractivity contribution in [2.24, 2.45) is 17.8 Å². The van der Waals surface area contributed by atoms with Gasteiger partial charge in [0.25, 0.3) is 0 Å². The number of carbonyl (C=O) groups excluding carboxylic acids is 3. The maximum atomic E-state index is 12.4. The number of imide groups is 1. The minimum Gasteiger partial charge on any atom is -0.295 e. The topological polar surface area (TPSA) is 54.5 Å². The summed E-state index contributed by atoms with van der Waals surface area (Å²) in [6, 6.07) is 6.75. The second-order valence-electron chi connectivity index (χ2n) is 5.91. The van der Waals surface area contributed by atoms with Crippen LogP contribution in [-0.2, 0) is 9.59 Å². The van der Waals surface area contributed by atoms with Gasteiger partial charge in [-0.05, 0) is 37.8 Å². The Balaban J connectivity index is 1.96. The van der Waals surface area contributed by atoms with E-state index in [1.54, 1.807) is 24.3 Å². The van der Waals surface area contributed by atoms with Gasteiger partial charge in [-0.1, -0.05) is 19.1 Å². The molecule has 0 spiro atoms. The number of anilines is 1. The van der Waals surface area contributed by atoms with Crippen LogP contribution in [-0.4, -0.2) is 17.6 Å². The van der Waals surface area contributed by atoms with Crippen molar-refractivity contribution in [3.63, 3.8) is 0 Å². The predicted octanol–water partition coefficient (Wildman–Crippen LogP) is 2.42. The summed E-state index contributed by atoms with van der Waals surface area (Å²) in [7, 11) is 0. The van der Waals surface area contributed by atoms with E-state index in [9.17, 15) is 14.4 Å². The van der Waals surface area contributed by atoms with E-state index in [0.29, 0.717) is 17.2 Å². The van der Waals surface area contributed by atoms with Gasteiger partial charge in [-0.25, -0.2) is 0 Å². The van der Waals surface area contributed by atoms with Crippen molar-refractivity contribution in [3.05, 3.63) is 29.8 Å². The molecule has 0 bridgehead atoms. The SMILES string of the molecule is CC(=O)c1cccc(N2C(=O)C3CC(C)CC3C2=O)c1. The van der Waals surface area contributed by atoms with Gasteiger partial charge < -0.3 is 0 Å². The Kier molecular flexibility index (Phi) is 2.96. The van der Waals surface area contributed by atoms with Crippen LogP contribution >= 0.6 is 0 Å². The molecule has 1 aliphatic heterocycles. The first kappa shape index (κ1) is 13.0. The number of Topliss-reactive ketones (excluding diaryl/α,β-unsaturated/α-hetero) is 1. The van der Waals surface area contributed by atoms with Crippen LogP contribution in [0.4, 0.5) is 5.69 Å². The highest BCUT2D eigenvalue weighted by Crippen LogP contribution is 2.44. The fourth-order valence-corrected chi connectivity index (χ4v) is 3.40. The van der Waals surface area contributed by atoms with Crippen molar-refractivity contribution in [1.29, 1.82) is 0 Å². The Morgan fingerprint density at radius 1 is 1.15 bits per heavy atom. The van der Waals surface area contributed by atoms with Gasteiger partial charge in [0.15, 0.2) is 5.78 Å². The summed E-state index contributed by atoms with van der Waals surface area (Å²) < 4.78 is 0. The zero-order valence-corrected chi connectivity index (χ0v) is 11.6. The number of ketones is 1. The van der Waals surface area contributed by atoms with Crippen LogP contribution in [0.15, 0.2) is 24.3 Å². The predicted molar refractivity (Wildman–Crippen MR) is 74.3 cm³/mol. The molecule has 104 valence electrons. The third-order valence-electron chi connectivity index (χ3n) is 4.38. The largest absolute Gasteiger partial charge is 0.295 e. The fourth-order valence-electron chi connectivity index (χ4n) is 3.40. The molecule has 20 heavy (non-hydrogen) atoms. The van der Waals surface area contributed by atoms with Gasteiger partial charge in [-0.15, -0.1) is 0 Å². The van der Waals surface area contributed by atoms with Crippen molar-refractivity contribution >= 4 is 23.3 Å². The monoisotopic (exact) mass is 271 g/mol. The number of benzene rings is 1. The molecule has 0 radical (unpaired) electrons. The Morgan fingerprint density at radius 3 is 2.30 bits per heavy atom. The van der Waals surface area contributed by atoms with Gasteiger partial charge in [0.2, 0.25) is 11.8 Å². The molecule has 1 saturated carbocycles. The van der Waals surface area contributed by atoms with E-state index in [0.717, 1.165) is 12.8 Å². The molecule has 0 aromatic heterocycles. The summed E-state index contributed by atoms with van der Waals surface area (Å²) in [4.78, 5) is 37.6. The molecule has 4 heteroatoms. The fraction of sp³-hybridized carbons (Fsp3) is 0.438. The third-order valence-corrected chi connectivity index (χ3v) is 4.38. The van der Waals surface area contributed by atoms with E-state index in [-0.39, 0.29) is 29.4 Å². The lowest BCUT2D eigenvalue weighted by Gasteiger charge is -2.17. The molecule has 2 fully saturated rings. The zero-order chi connectivity index (χ0) is 14.4.